The summed E-state index contributed by atoms with van der Waals surface area (Å²) in [4.78, 5) is 0. The first-order valence-corrected chi connectivity index (χ1v) is 4.59. The van der Waals surface area contributed by atoms with Crippen LogP contribution in [0.25, 0.3) is 0 Å². The summed E-state index contributed by atoms with van der Waals surface area (Å²) in [5.74, 6) is 1.52. The molecule has 0 saturated carbocycles. The van der Waals surface area contributed by atoms with Crippen molar-refractivity contribution in [1.82, 2.24) is 0 Å². The predicted molar refractivity (Wildman–Crippen MR) is 52.6 cm³/mol. The molecule has 0 aromatic rings. The standard InChI is InChI=1S/C11H22/c1-7-10(9(3)4)11(5,6)8-2/h8-10H,2,7H2,1,3-6H3/t10-/m1/s1. The third-order valence-corrected chi connectivity index (χ3v) is 2.73. The molecule has 0 aliphatic rings. The van der Waals surface area contributed by atoms with Crippen LogP contribution >= 0.6 is 0 Å². The highest BCUT2D eigenvalue weighted by atomic mass is 14.3. The lowest BCUT2D eigenvalue weighted by molar-refractivity contribution is 0.205. The molecule has 0 rings (SSSR count). The van der Waals surface area contributed by atoms with Crippen LogP contribution in [0.4, 0.5) is 0 Å². The maximum absolute atomic E-state index is 3.88. The van der Waals surface area contributed by atoms with Gasteiger partial charge in [-0.25, -0.2) is 0 Å². The van der Waals surface area contributed by atoms with Gasteiger partial charge in [0, 0.05) is 0 Å². The van der Waals surface area contributed by atoms with E-state index in [0.717, 1.165) is 11.8 Å². The van der Waals surface area contributed by atoms with Crippen LogP contribution < -0.4 is 0 Å². The first kappa shape index (κ1) is 10.7. The van der Waals surface area contributed by atoms with E-state index < -0.39 is 0 Å². The smallest absolute Gasteiger partial charge is 0.0147 e. The second-order valence-electron chi connectivity index (χ2n) is 4.28. The molecule has 0 amide bonds. The number of allylic oxidation sites excluding steroid dienone is 1. The molecule has 0 aromatic carbocycles. The van der Waals surface area contributed by atoms with Crippen molar-refractivity contribution in [3.8, 4) is 0 Å². The fraction of sp³-hybridized carbons (Fsp3) is 0.818. The van der Waals surface area contributed by atoms with Crippen molar-refractivity contribution in [3.63, 3.8) is 0 Å². The number of hydrogen-bond donors (Lipinski definition) is 0. The molecular formula is C11H22. The molecule has 0 heteroatoms. The Bertz CT molecular complexity index is 120. The summed E-state index contributed by atoms with van der Waals surface area (Å²) in [7, 11) is 0. The largest absolute Gasteiger partial charge is 0.103 e. The molecule has 1 atom stereocenters. The Morgan fingerprint density at radius 1 is 1.36 bits per heavy atom. The van der Waals surface area contributed by atoms with Crippen LogP contribution in [0, 0.1) is 17.3 Å². The Labute approximate surface area is 71.7 Å². The second kappa shape index (κ2) is 3.94. The van der Waals surface area contributed by atoms with Crippen LogP contribution in [-0.4, -0.2) is 0 Å². The normalized spacial score (nSPS) is 15.1. The van der Waals surface area contributed by atoms with Gasteiger partial charge in [-0.15, -0.1) is 6.58 Å². The van der Waals surface area contributed by atoms with E-state index in [2.05, 4.69) is 47.3 Å². The molecule has 0 unspecified atom stereocenters. The highest BCUT2D eigenvalue weighted by Gasteiger charge is 2.26. The highest BCUT2D eigenvalue weighted by Crippen LogP contribution is 2.35. The van der Waals surface area contributed by atoms with E-state index in [4.69, 9.17) is 0 Å². The Morgan fingerprint density at radius 2 is 1.82 bits per heavy atom. The van der Waals surface area contributed by atoms with Crippen LogP contribution in [0.1, 0.15) is 41.0 Å². The summed E-state index contributed by atoms with van der Waals surface area (Å²) < 4.78 is 0. The molecule has 0 heterocycles. The molecular weight excluding hydrogens is 132 g/mol. The maximum atomic E-state index is 3.88. The summed E-state index contributed by atoms with van der Waals surface area (Å²) in [6.07, 6.45) is 3.33. The van der Waals surface area contributed by atoms with Crippen molar-refractivity contribution < 1.29 is 0 Å². The first-order chi connectivity index (χ1) is 4.95. The van der Waals surface area contributed by atoms with Gasteiger partial charge < -0.3 is 0 Å². The van der Waals surface area contributed by atoms with E-state index in [1.54, 1.807) is 0 Å². The fourth-order valence-electron chi connectivity index (χ4n) is 2.01. The van der Waals surface area contributed by atoms with E-state index in [9.17, 15) is 0 Å². The Hall–Kier alpha value is -0.260. The molecule has 66 valence electrons. The van der Waals surface area contributed by atoms with Crippen LogP contribution in [0.15, 0.2) is 12.7 Å². The molecule has 0 nitrogen and oxygen atoms in total. The minimum atomic E-state index is 0.295. The van der Waals surface area contributed by atoms with Crippen LogP contribution in [0.2, 0.25) is 0 Å². The van der Waals surface area contributed by atoms with Gasteiger partial charge in [0.2, 0.25) is 0 Å². The third-order valence-electron chi connectivity index (χ3n) is 2.73. The van der Waals surface area contributed by atoms with E-state index in [1.165, 1.54) is 6.42 Å². The third kappa shape index (κ3) is 2.69. The molecule has 0 spiro atoms. The van der Waals surface area contributed by atoms with Crippen LogP contribution in [0.3, 0.4) is 0 Å². The molecule has 0 bridgehead atoms. The molecule has 11 heavy (non-hydrogen) atoms. The average Bonchev–Trinajstić information content (AvgIpc) is 1.88. The molecule has 0 N–H and O–H groups in total. The predicted octanol–water partition coefficient (Wildman–Crippen LogP) is 3.88. The monoisotopic (exact) mass is 154 g/mol. The van der Waals surface area contributed by atoms with E-state index in [1.807, 2.05) is 0 Å². The first-order valence-electron chi connectivity index (χ1n) is 4.59. The lowest BCUT2D eigenvalue weighted by Crippen LogP contribution is -2.25. The van der Waals surface area contributed by atoms with E-state index in [0.29, 0.717) is 5.41 Å². The lowest BCUT2D eigenvalue weighted by atomic mass is 9.72. The average molecular weight is 154 g/mol. The zero-order valence-corrected chi connectivity index (χ0v) is 8.65. The van der Waals surface area contributed by atoms with Crippen molar-refractivity contribution in [2.24, 2.45) is 17.3 Å². The van der Waals surface area contributed by atoms with Gasteiger partial charge in [0.25, 0.3) is 0 Å². The zero-order valence-electron chi connectivity index (χ0n) is 8.65. The van der Waals surface area contributed by atoms with Gasteiger partial charge in [0.1, 0.15) is 0 Å². The Morgan fingerprint density at radius 3 is 1.91 bits per heavy atom. The summed E-state index contributed by atoms with van der Waals surface area (Å²) in [6.45, 7) is 15.3. The molecule has 0 fully saturated rings. The van der Waals surface area contributed by atoms with Crippen molar-refractivity contribution in [2.75, 3.05) is 0 Å². The lowest BCUT2D eigenvalue weighted by Gasteiger charge is -2.33. The van der Waals surface area contributed by atoms with E-state index >= 15 is 0 Å². The van der Waals surface area contributed by atoms with Gasteiger partial charge in [0.15, 0.2) is 0 Å². The Kier molecular flexibility index (Phi) is 3.85. The fourth-order valence-corrected chi connectivity index (χ4v) is 2.01. The minimum Gasteiger partial charge on any atom is -0.103 e. The topological polar surface area (TPSA) is 0 Å². The quantitative estimate of drug-likeness (QED) is 0.539. The summed E-state index contributed by atoms with van der Waals surface area (Å²) in [5, 5.41) is 0. The van der Waals surface area contributed by atoms with Crippen molar-refractivity contribution in [1.29, 1.82) is 0 Å². The molecule has 0 aliphatic heterocycles. The zero-order chi connectivity index (χ0) is 9.07. The van der Waals surface area contributed by atoms with Crippen molar-refractivity contribution in [2.45, 2.75) is 41.0 Å². The van der Waals surface area contributed by atoms with Crippen LogP contribution in [-0.2, 0) is 0 Å². The molecule has 0 saturated heterocycles. The summed E-state index contributed by atoms with van der Waals surface area (Å²) in [6, 6.07) is 0. The van der Waals surface area contributed by atoms with Gasteiger partial charge in [-0.1, -0.05) is 47.1 Å². The summed E-state index contributed by atoms with van der Waals surface area (Å²) >= 11 is 0. The Balaban J connectivity index is 4.35. The van der Waals surface area contributed by atoms with Crippen molar-refractivity contribution in [3.05, 3.63) is 12.7 Å². The van der Waals surface area contributed by atoms with Gasteiger partial charge in [0.05, 0.1) is 0 Å². The highest BCUT2D eigenvalue weighted by molar-refractivity contribution is 4.93. The number of rotatable bonds is 4. The molecule has 0 aromatic heterocycles. The molecule has 0 aliphatic carbocycles. The van der Waals surface area contributed by atoms with Crippen LogP contribution in [0.5, 0.6) is 0 Å². The number of hydrogen-bond acceptors (Lipinski definition) is 0. The second-order valence-corrected chi connectivity index (χ2v) is 4.28. The maximum Gasteiger partial charge on any atom is -0.0147 e. The van der Waals surface area contributed by atoms with Gasteiger partial charge in [-0.2, -0.15) is 0 Å². The summed E-state index contributed by atoms with van der Waals surface area (Å²) in [5.41, 5.74) is 0.295. The minimum absolute atomic E-state index is 0.295. The van der Waals surface area contributed by atoms with Gasteiger partial charge >= 0.3 is 0 Å². The molecule has 0 radical (unpaired) electrons. The van der Waals surface area contributed by atoms with Gasteiger partial charge in [-0.05, 0) is 17.3 Å². The van der Waals surface area contributed by atoms with Crippen molar-refractivity contribution >= 4 is 0 Å². The van der Waals surface area contributed by atoms with E-state index in [-0.39, 0.29) is 0 Å². The SMILES string of the molecule is C=CC(C)(C)[C@H](CC)C(C)C. The van der Waals surface area contributed by atoms with Gasteiger partial charge in [-0.3, -0.25) is 0 Å².